The number of halogens is 2. The Labute approximate surface area is 106 Å². The van der Waals surface area contributed by atoms with Crippen molar-refractivity contribution in [3.8, 4) is 5.75 Å². The lowest BCUT2D eigenvalue weighted by molar-refractivity contribution is -0.0503. The highest BCUT2D eigenvalue weighted by molar-refractivity contribution is 5.28. The molecule has 0 saturated heterocycles. The van der Waals surface area contributed by atoms with Gasteiger partial charge in [0.2, 0.25) is 5.95 Å². The molecule has 0 atom stereocenters. The van der Waals surface area contributed by atoms with Crippen LogP contribution in [0.4, 0.5) is 14.7 Å². The van der Waals surface area contributed by atoms with Crippen LogP contribution in [-0.2, 0) is 0 Å². The van der Waals surface area contributed by atoms with Gasteiger partial charge >= 0.3 is 6.61 Å². The maximum absolute atomic E-state index is 11.9. The molecule has 0 spiro atoms. The van der Waals surface area contributed by atoms with Gasteiger partial charge < -0.3 is 10.1 Å². The van der Waals surface area contributed by atoms with Gasteiger partial charge in [-0.05, 0) is 12.8 Å². The number of nitrogens with one attached hydrogen (secondary N) is 1. The van der Waals surface area contributed by atoms with Gasteiger partial charge in [-0.3, -0.25) is 0 Å². The third-order valence-electron chi connectivity index (χ3n) is 2.46. The largest absolute Gasteiger partial charge is 0.432 e. The van der Waals surface area contributed by atoms with E-state index in [4.69, 9.17) is 0 Å². The van der Waals surface area contributed by atoms with E-state index in [1.807, 2.05) is 0 Å². The number of rotatable bonds is 8. The van der Waals surface area contributed by atoms with Gasteiger partial charge in [-0.1, -0.05) is 26.7 Å². The normalized spacial score (nSPS) is 11.0. The molecule has 0 aliphatic heterocycles. The Bertz CT molecular complexity index is 327. The van der Waals surface area contributed by atoms with Gasteiger partial charge in [-0.15, -0.1) is 0 Å². The fourth-order valence-electron chi connectivity index (χ4n) is 1.72. The highest BCUT2D eigenvalue weighted by atomic mass is 19.3. The van der Waals surface area contributed by atoms with E-state index in [1.54, 1.807) is 0 Å². The van der Waals surface area contributed by atoms with Crippen molar-refractivity contribution < 1.29 is 13.5 Å². The lowest BCUT2D eigenvalue weighted by atomic mass is 10.1. The van der Waals surface area contributed by atoms with Gasteiger partial charge in [0.15, 0.2) is 5.75 Å². The maximum atomic E-state index is 11.9. The van der Waals surface area contributed by atoms with Crippen molar-refractivity contribution in [2.24, 2.45) is 0 Å². The van der Waals surface area contributed by atoms with Gasteiger partial charge in [-0.25, -0.2) is 9.97 Å². The van der Waals surface area contributed by atoms with Gasteiger partial charge in [0.25, 0.3) is 0 Å². The Kier molecular flexibility index (Phi) is 6.32. The van der Waals surface area contributed by atoms with Crippen LogP contribution in [0.5, 0.6) is 5.75 Å². The summed E-state index contributed by atoms with van der Waals surface area (Å²) in [5.41, 5.74) is 0. The first kappa shape index (κ1) is 14.6. The molecule has 4 nitrogen and oxygen atoms in total. The molecule has 1 rings (SSSR count). The summed E-state index contributed by atoms with van der Waals surface area (Å²) in [4.78, 5) is 7.91. The van der Waals surface area contributed by atoms with Gasteiger partial charge in [-0.2, -0.15) is 8.78 Å². The summed E-state index contributed by atoms with van der Waals surface area (Å²) < 4.78 is 28.1. The third kappa shape index (κ3) is 5.25. The summed E-state index contributed by atoms with van der Waals surface area (Å²) in [6.45, 7) is 1.38. The Morgan fingerprint density at radius 3 is 2.17 bits per heavy atom. The monoisotopic (exact) mass is 259 g/mol. The van der Waals surface area contributed by atoms with E-state index >= 15 is 0 Å². The molecule has 0 unspecified atom stereocenters. The molecule has 1 heterocycles. The molecular weight excluding hydrogens is 240 g/mol. The Morgan fingerprint density at radius 1 is 1.17 bits per heavy atom. The average molecular weight is 259 g/mol. The fraction of sp³-hybridized carbons (Fsp3) is 0.667. The van der Waals surface area contributed by atoms with Crippen LogP contribution in [0.1, 0.15) is 39.5 Å². The van der Waals surface area contributed by atoms with E-state index < -0.39 is 6.61 Å². The molecule has 1 N–H and O–H groups in total. The molecule has 0 saturated carbocycles. The molecule has 18 heavy (non-hydrogen) atoms. The lowest BCUT2D eigenvalue weighted by Gasteiger charge is -2.17. The summed E-state index contributed by atoms with van der Waals surface area (Å²) in [7, 11) is 0. The van der Waals surface area contributed by atoms with Crippen molar-refractivity contribution >= 4 is 5.95 Å². The Balaban J connectivity index is 2.55. The van der Waals surface area contributed by atoms with Crippen molar-refractivity contribution in [2.45, 2.75) is 52.2 Å². The highest BCUT2D eigenvalue weighted by Gasteiger charge is 2.09. The summed E-state index contributed by atoms with van der Waals surface area (Å²) >= 11 is 0. The minimum atomic E-state index is -2.85. The van der Waals surface area contributed by atoms with Crippen LogP contribution in [0.15, 0.2) is 12.4 Å². The minimum absolute atomic E-state index is 0.0296. The number of anilines is 1. The average Bonchev–Trinajstić information content (AvgIpc) is 2.31. The maximum Gasteiger partial charge on any atom is 0.387 e. The second-order valence-electron chi connectivity index (χ2n) is 4.04. The van der Waals surface area contributed by atoms with E-state index in [2.05, 4.69) is 33.9 Å². The van der Waals surface area contributed by atoms with Crippen LogP contribution in [0.3, 0.4) is 0 Å². The van der Waals surface area contributed by atoms with Crippen LogP contribution in [0, 0.1) is 0 Å². The molecule has 102 valence electrons. The number of ether oxygens (including phenoxy) is 1. The fourth-order valence-corrected chi connectivity index (χ4v) is 1.72. The molecule has 0 fully saturated rings. The molecule has 0 radical (unpaired) electrons. The third-order valence-corrected chi connectivity index (χ3v) is 2.46. The first-order chi connectivity index (χ1) is 8.65. The Hall–Kier alpha value is -1.46. The quantitative estimate of drug-likeness (QED) is 0.776. The van der Waals surface area contributed by atoms with E-state index in [1.165, 1.54) is 12.4 Å². The van der Waals surface area contributed by atoms with E-state index in [9.17, 15) is 8.78 Å². The second-order valence-corrected chi connectivity index (χ2v) is 4.04. The first-order valence-electron chi connectivity index (χ1n) is 6.19. The molecule has 0 aromatic carbocycles. The summed E-state index contributed by atoms with van der Waals surface area (Å²) in [5.74, 6) is 0.418. The molecule has 1 aromatic rings. The van der Waals surface area contributed by atoms with E-state index in [0.717, 1.165) is 25.7 Å². The number of hydrogen-bond acceptors (Lipinski definition) is 4. The smallest absolute Gasteiger partial charge is 0.387 e. The zero-order valence-corrected chi connectivity index (χ0v) is 10.7. The topological polar surface area (TPSA) is 47.0 Å². The molecule has 0 bridgehead atoms. The predicted octanol–water partition coefficient (Wildman–Crippen LogP) is 3.46. The number of hydrogen-bond donors (Lipinski definition) is 1. The van der Waals surface area contributed by atoms with Gasteiger partial charge in [0, 0.05) is 6.04 Å². The van der Waals surface area contributed by atoms with Crippen LogP contribution in [-0.4, -0.2) is 22.6 Å². The van der Waals surface area contributed by atoms with Crippen LogP contribution in [0.2, 0.25) is 0 Å². The SMILES string of the molecule is CCCC(CCC)Nc1ncc(OC(F)F)cn1. The van der Waals surface area contributed by atoms with Crippen molar-refractivity contribution in [1.29, 1.82) is 0 Å². The summed E-state index contributed by atoms with van der Waals surface area (Å²) in [6.07, 6.45) is 6.71. The molecule has 0 aliphatic rings. The number of alkyl halides is 2. The molecule has 6 heteroatoms. The zero-order valence-electron chi connectivity index (χ0n) is 10.7. The van der Waals surface area contributed by atoms with E-state index in [0.29, 0.717) is 12.0 Å². The summed E-state index contributed by atoms with van der Waals surface area (Å²) in [6, 6.07) is 0.321. The lowest BCUT2D eigenvalue weighted by Crippen LogP contribution is -2.20. The van der Waals surface area contributed by atoms with Crippen molar-refractivity contribution in [1.82, 2.24) is 9.97 Å². The van der Waals surface area contributed by atoms with Gasteiger partial charge in [0.1, 0.15) is 0 Å². The molecular formula is C12H19F2N3O. The van der Waals surface area contributed by atoms with E-state index in [-0.39, 0.29) is 5.75 Å². The predicted molar refractivity (Wildman–Crippen MR) is 65.9 cm³/mol. The number of nitrogens with zero attached hydrogens (tertiary/aromatic N) is 2. The summed E-state index contributed by atoms with van der Waals surface area (Å²) in [5, 5.41) is 3.20. The standard InChI is InChI=1S/C12H19F2N3O/c1-3-5-9(6-4-2)17-12-15-7-10(8-16-12)18-11(13)14/h7-9,11H,3-6H2,1-2H3,(H,15,16,17). The molecule has 0 aliphatic carbocycles. The molecule has 1 aromatic heterocycles. The van der Waals surface area contributed by atoms with Crippen molar-refractivity contribution in [2.75, 3.05) is 5.32 Å². The highest BCUT2D eigenvalue weighted by Crippen LogP contribution is 2.14. The van der Waals surface area contributed by atoms with Crippen LogP contribution in [0.25, 0.3) is 0 Å². The Morgan fingerprint density at radius 2 is 1.72 bits per heavy atom. The van der Waals surface area contributed by atoms with Crippen molar-refractivity contribution in [3.63, 3.8) is 0 Å². The van der Waals surface area contributed by atoms with Crippen LogP contribution >= 0.6 is 0 Å². The van der Waals surface area contributed by atoms with Crippen LogP contribution < -0.4 is 10.1 Å². The zero-order chi connectivity index (χ0) is 13.4. The van der Waals surface area contributed by atoms with Gasteiger partial charge in [0.05, 0.1) is 12.4 Å². The minimum Gasteiger partial charge on any atom is -0.432 e. The number of aromatic nitrogens is 2. The second kappa shape index (κ2) is 7.79. The molecule has 0 amide bonds. The van der Waals surface area contributed by atoms with Crippen molar-refractivity contribution in [3.05, 3.63) is 12.4 Å². The first-order valence-corrected chi connectivity index (χ1v) is 6.19.